The molecule has 0 saturated heterocycles. The Kier molecular flexibility index (Phi) is 5.91. The van der Waals surface area contributed by atoms with Crippen molar-refractivity contribution in [1.29, 1.82) is 0 Å². The van der Waals surface area contributed by atoms with Crippen LogP contribution < -0.4 is 5.32 Å². The number of nitrogens with one attached hydrogen (secondary N) is 1. The van der Waals surface area contributed by atoms with Crippen molar-refractivity contribution >= 4 is 11.3 Å². The lowest BCUT2D eigenvalue weighted by molar-refractivity contribution is 0.327. The number of thiophene rings is 1. The van der Waals surface area contributed by atoms with E-state index < -0.39 is 0 Å². The van der Waals surface area contributed by atoms with Gasteiger partial charge in [-0.3, -0.25) is 0 Å². The van der Waals surface area contributed by atoms with Gasteiger partial charge in [0.1, 0.15) is 0 Å². The second-order valence-corrected chi connectivity index (χ2v) is 5.37. The quantitative estimate of drug-likeness (QED) is 0.719. The van der Waals surface area contributed by atoms with Crippen LogP contribution in [0.3, 0.4) is 0 Å². The molecule has 1 aromatic heterocycles. The van der Waals surface area contributed by atoms with Gasteiger partial charge in [0, 0.05) is 29.4 Å². The number of rotatable bonds is 7. The van der Waals surface area contributed by atoms with Crippen LogP contribution in [0.25, 0.3) is 0 Å². The SMILES string of the molecule is CCCNCCN(C)Cc1ccc(C)s1. The van der Waals surface area contributed by atoms with Crippen LogP contribution in [0.5, 0.6) is 0 Å². The fraction of sp³-hybridized carbons (Fsp3) is 0.667. The van der Waals surface area contributed by atoms with E-state index in [0.29, 0.717) is 0 Å². The van der Waals surface area contributed by atoms with Gasteiger partial charge >= 0.3 is 0 Å². The normalized spacial score (nSPS) is 11.2. The molecule has 1 rings (SSSR count). The maximum Gasteiger partial charge on any atom is 0.0325 e. The minimum Gasteiger partial charge on any atom is -0.315 e. The highest BCUT2D eigenvalue weighted by Gasteiger charge is 2.01. The lowest BCUT2D eigenvalue weighted by Crippen LogP contribution is -2.29. The molecular formula is C12H22N2S. The third-order valence-corrected chi connectivity index (χ3v) is 3.30. The molecule has 0 radical (unpaired) electrons. The maximum absolute atomic E-state index is 3.42. The molecule has 86 valence electrons. The van der Waals surface area contributed by atoms with E-state index in [1.807, 2.05) is 11.3 Å². The van der Waals surface area contributed by atoms with Gasteiger partial charge in [-0.05, 0) is 39.1 Å². The average Bonchev–Trinajstić information content (AvgIpc) is 2.59. The number of hydrogen-bond donors (Lipinski definition) is 1. The van der Waals surface area contributed by atoms with Crippen LogP contribution in [-0.4, -0.2) is 31.6 Å². The van der Waals surface area contributed by atoms with E-state index in [1.165, 1.54) is 16.2 Å². The fourth-order valence-electron chi connectivity index (χ4n) is 1.49. The van der Waals surface area contributed by atoms with Crippen molar-refractivity contribution in [2.45, 2.75) is 26.8 Å². The average molecular weight is 226 g/mol. The minimum atomic E-state index is 1.08. The molecular weight excluding hydrogens is 204 g/mol. The third-order valence-electron chi connectivity index (χ3n) is 2.32. The van der Waals surface area contributed by atoms with E-state index >= 15 is 0 Å². The van der Waals surface area contributed by atoms with Gasteiger partial charge in [-0.15, -0.1) is 11.3 Å². The molecule has 0 unspecified atom stereocenters. The summed E-state index contributed by atoms with van der Waals surface area (Å²) >= 11 is 1.90. The van der Waals surface area contributed by atoms with Crippen LogP contribution in [0.15, 0.2) is 12.1 Å². The minimum absolute atomic E-state index is 1.08. The van der Waals surface area contributed by atoms with Crippen molar-refractivity contribution in [2.24, 2.45) is 0 Å². The summed E-state index contributed by atoms with van der Waals surface area (Å²) in [6.07, 6.45) is 1.22. The van der Waals surface area contributed by atoms with E-state index in [0.717, 1.165) is 26.2 Å². The first-order valence-corrected chi connectivity index (χ1v) is 6.48. The van der Waals surface area contributed by atoms with Crippen molar-refractivity contribution in [1.82, 2.24) is 10.2 Å². The van der Waals surface area contributed by atoms with Gasteiger partial charge in [0.15, 0.2) is 0 Å². The maximum atomic E-state index is 3.42. The molecule has 0 spiro atoms. The summed E-state index contributed by atoms with van der Waals surface area (Å²) in [5.41, 5.74) is 0. The smallest absolute Gasteiger partial charge is 0.0325 e. The molecule has 0 aliphatic rings. The summed E-state index contributed by atoms with van der Waals surface area (Å²) in [7, 11) is 2.18. The van der Waals surface area contributed by atoms with Crippen molar-refractivity contribution in [3.63, 3.8) is 0 Å². The summed E-state index contributed by atoms with van der Waals surface area (Å²) in [6, 6.07) is 4.43. The first kappa shape index (κ1) is 12.7. The number of aryl methyl sites for hydroxylation is 1. The first-order valence-electron chi connectivity index (χ1n) is 5.67. The second kappa shape index (κ2) is 6.99. The Morgan fingerprint density at radius 2 is 2.13 bits per heavy atom. The molecule has 2 nitrogen and oxygen atoms in total. The predicted molar refractivity (Wildman–Crippen MR) is 68.6 cm³/mol. The van der Waals surface area contributed by atoms with Gasteiger partial charge in [0.2, 0.25) is 0 Å². The molecule has 0 atom stereocenters. The number of hydrogen-bond acceptors (Lipinski definition) is 3. The Morgan fingerprint density at radius 1 is 1.33 bits per heavy atom. The number of nitrogens with zero attached hydrogens (tertiary/aromatic N) is 1. The van der Waals surface area contributed by atoms with Gasteiger partial charge < -0.3 is 10.2 Å². The molecule has 15 heavy (non-hydrogen) atoms. The fourth-order valence-corrected chi connectivity index (χ4v) is 2.46. The van der Waals surface area contributed by atoms with Crippen molar-refractivity contribution in [3.05, 3.63) is 21.9 Å². The van der Waals surface area contributed by atoms with E-state index in [1.54, 1.807) is 0 Å². The molecule has 0 bridgehead atoms. The summed E-state index contributed by atoms with van der Waals surface area (Å²) in [5.74, 6) is 0. The monoisotopic (exact) mass is 226 g/mol. The molecule has 0 aliphatic heterocycles. The van der Waals surface area contributed by atoms with Gasteiger partial charge in [-0.1, -0.05) is 6.92 Å². The standard InChI is InChI=1S/C12H22N2S/c1-4-7-13-8-9-14(3)10-12-6-5-11(2)15-12/h5-6,13H,4,7-10H2,1-3H3. The Hall–Kier alpha value is -0.380. The molecule has 0 amide bonds. The van der Waals surface area contributed by atoms with Gasteiger partial charge in [-0.2, -0.15) is 0 Å². The van der Waals surface area contributed by atoms with Crippen molar-refractivity contribution in [3.8, 4) is 0 Å². The molecule has 0 fully saturated rings. The summed E-state index contributed by atoms with van der Waals surface area (Å²) < 4.78 is 0. The van der Waals surface area contributed by atoms with E-state index in [2.05, 4.69) is 43.2 Å². The summed E-state index contributed by atoms with van der Waals surface area (Å²) in [5, 5.41) is 3.42. The molecule has 1 heterocycles. The van der Waals surface area contributed by atoms with Crippen molar-refractivity contribution < 1.29 is 0 Å². The van der Waals surface area contributed by atoms with E-state index in [9.17, 15) is 0 Å². The predicted octanol–water partition coefficient (Wildman–Crippen LogP) is 2.49. The van der Waals surface area contributed by atoms with Crippen LogP contribution in [0.4, 0.5) is 0 Å². The zero-order valence-corrected chi connectivity index (χ0v) is 10.9. The first-order chi connectivity index (χ1) is 7.22. The lowest BCUT2D eigenvalue weighted by atomic mass is 10.4. The molecule has 1 aromatic rings. The third kappa shape index (κ3) is 5.30. The summed E-state index contributed by atoms with van der Waals surface area (Å²) in [4.78, 5) is 5.24. The van der Waals surface area contributed by atoms with Crippen molar-refractivity contribution in [2.75, 3.05) is 26.7 Å². The molecule has 0 aromatic carbocycles. The van der Waals surface area contributed by atoms with Crippen LogP contribution in [0.2, 0.25) is 0 Å². The largest absolute Gasteiger partial charge is 0.315 e. The van der Waals surface area contributed by atoms with Gasteiger partial charge in [-0.25, -0.2) is 0 Å². The van der Waals surface area contributed by atoms with Crippen LogP contribution in [0, 0.1) is 6.92 Å². The highest BCUT2D eigenvalue weighted by Crippen LogP contribution is 2.16. The topological polar surface area (TPSA) is 15.3 Å². The van der Waals surface area contributed by atoms with Crippen LogP contribution >= 0.6 is 11.3 Å². The summed E-state index contributed by atoms with van der Waals surface area (Å²) in [6.45, 7) is 8.78. The van der Waals surface area contributed by atoms with Gasteiger partial charge in [0.25, 0.3) is 0 Å². The zero-order valence-electron chi connectivity index (χ0n) is 10.0. The second-order valence-electron chi connectivity index (χ2n) is 4.00. The Morgan fingerprint density at radius 3 is 2.73 bits per heavy atom. The van der Waals surface area contributed by atoms with Crippen LogP contribution in [0.1, 0.15) is 23.1 Å². The highest BCUT2D eigenvalue weighted by atomic mass is 32.1. The van der Waals surface area contributed by atoms with Gasteiger partial charge in [0.05, 0.1) is 0 Å². The Bertz CT molecular complexity index is 270. The molecule has 1 N–H and O–H groups in total. The van der Waals surface area contributed by atoms with Crippen LogP contribution in [-0.2, 0) is 6.54 Å². The van der Waals surface area contributed by atoms with E-state index in [-0.39, 0.29) is 0 Å². The Labute approximate surface area is 97.3 Å². The Balaban J connectivity index is 2.15. The molecule has 0 saturated carbocycles. The van der Waals surface area contributed by atoms with E-state index in [4.69, 9.17) is 0 Å². The molecule has 0 aliphatic carbocycles. The zero-order chi connectivity index (χ0) is 11.1. The lowest BCUT2D eigenvalue weighted by Gasteiger charge is -2.15. The number of likely N-dealkylation sites (N-methyl/N-ethyl adjacent to an activating group) is 1. The molecule has 3 heteroatoms. The highest BCUT2D eigenvalue weighted by molar-refractivity contribution is 7.11.